The van der Waals surface area contributed by atoms with Crippen LogP contribution in [0.4, 0.5) is 10.1 Å². The summed E-state index contributed by atoms with van der Waals surface area (Å²) in [5, 5.41) is 0. The molecule has 0 amide bonds. The van der Waals surface area contributed by atoms with Gasteiger partial charge in [-0.1, -0.05) is 0 Å². The van der Waals surface area contributed by atoms with Crippen LogP contribution in [0.25, 0.3) is 0 Å². The lowest BCUT2D eigenvalue weighted by molar-refractivity contribution is 0.626. The number of halogens is 2. The Bertz CT molecular complexity index is 254. The van der Waals surface area contributed by atoms with Crippen molar-refractivity contribution < 1.29 is 4.39 Å². The Labute approximate surface area is 77.2 Å². The van der Waals surface area contributed by atoms with Crippen molar-refractivity contribution in [3.63, 3.8) is 0 Å². The van der Waals surface area contributed by atoms with Crippen molar-refractivity contribution in [1.29, 1.82) is 0 Å². The summed E-state index contributed by atoms with van der Waals surface area (Å²) in [5.74, 6) is 4.61. The molecule has 1 rings (SSSR count). The molecule has 0 unspecified atom stereocenters. The first kappa shape index (κ1) is 8.69. The van der Waals surface area contributed by atoms with Crippen molar-refractivity contribution in [3.8, 4) is 0 Å². The molecular weight excluding hydrogens is 260 g/mol. The largest absolute Gasteiger partial charge is 0.305 e. The molecule has 0 fully saturated rings. The zero-order valence-electron chi connectivity index (χ0n) is 5.57. The molecule has 0 spiro atoms. The van der Waals surface area contributed by atoms with Crippen LogP contribution in [0.15, 0.2) is 18.2 Å². The molecule has 0 radical (unpaired) electrons. The quantitative estimate of drug-likeness (QED) is 0.429. The Hall–Kier alpha value is -0.400. The first-order chi connectivity index (χ1) is 5.24. The number of benzene rings is 1. The minimum Gasteiger partial charge on any atom is -0.305 e. The third kappa shape index (κ3) is 2.28. The highest BCUT2D eigenvalue weighted by Crippen LogP contribution is 2.15. The van der Waals surface area contributed by atoms with E-state index in [1.807, 2.05) is 22.6 Å². The number of rotatable bonds is 2. The fraction of sp³-hybridized carbons (Fsp3) is 0. The van der Waals surface area contributed by atoms with Gasteiger partial charge in [-0.15, -0.1) is 0 Å². The van der Waals surface area contributed by atoms with Gasteiger partial charge >= 0.3 is 0 Å². The maximum absolute atomic E-state index is 12.9. The van der Waals surface area contributed by atoms with Gasteiger partial charge in [-0.3, -0.25) is 5.84 Å². The zero-order chi connectivity index (χ0) is 8.27. The monoisotopic (exact) mass is 267 g/mol. The molecule has 0 saturated heterocycles. The number of nitrogens with one attached hydrogen (secondary N) is 2. The van der Waals surface area contributed by atoms with Gasteiger partial charge in [-0.05, 0) is 40.8 Å². The lowest BCUT2D eigenvalue weighted by atomic mass is 10.3. The summed E-state index contributed by atoms with van der Waals surface area (Å²) in [5.41, 5.74) is 4.94. The fourth-order valence-electron chi connectivity index (χ4n) is 0.669. The van der Waals surface area contributed by atoms with Gasteiger partial charge in [0.15, 0.2) is 0 Å². The molecule has 0 aliphatic rings. The van der Waals surface area contributed by atoms with E-state index >= 15 is 0 Å². The number of hydrogen-bond donors (Lipinski definition) is 3. The van der Waals surface area contributed by atoms with Crippen molar-refractivity contribution in [2.24, 2.45) is 5.84 Å². The Morgan fingerprint density at radius 1 is 1.45 bits per heavy atom. The molecule has 1 aromatic rings. The van der Waals surface area contributed by atoms with E-state index < -0.39 is 0 Å². The highest BCUT2D eigenvalue weighted by atomic mass is 127. The van der Waals surface area contributed by atoms with Gasteiger partial charge in [0.2, 0.25) is 0 Å². The van der Waals surface area contributed by atoms with Gasteiger partial charge in [0.05, 0.1) is 5.69 Å². The summed E-state index contributed by atoms with van der Waals surface area (Å²) in [6.07, 6.45) is 0. The second kappa shape index (κ2) is 3.84. The topological polar surface area (TPSA) is 50.1 Å². The highest BCUT2D eigenvalue weighted by Gasteiger charge is 1.99. The number of hydrazine groups is 2. The molecule has 60 valence electrons. The Morgan fingerprint density at radius 2 is 2.18 bits per heavy atom. The molecule has 0 heterocycles. The molecule has 11 heavy (non-hydrogen) atoms. The summed E-state index contributed by atoms with van der Waals surface area (Å²) in [7, 11) is 0. The molecule has 3 nitrogen and oxygen atoms in total. The predicted octanol–water partition coefficient (Wildman–Crippen LogP) is 1.22. The summed E-state index contributed by atoms with van der Waals surface area (Å²) in [4.78, 5) is 0. The van der Waals surface area contributed by atoms with Gasteiger partial charge in [-0.2, -0.15) is 5.53 Å². The number of anilines is 1. The van der Waals surface area contributed by atoms with Crippen LogP contribution in [0, 0.1) is 9.39 Å². The lowest BCUT2D eigenvalue weighted by Gasteiger charge is -2.04. The van der Waals surface area contributed by atoms with E-state index in [1.54, 1.807) is 12.1 Å². The maximum Gasteiger partial charge on any atom is 0.148 e. The van der Waals surface area contributed by atoms with Gasteiger partial charge < -0.3 is 5.43 Å². The van der Waals surface area contributed by atoms with E-state index in [2.05, 4.69) is 11.0 Å². The van der Waals surface area contributed by atoms with E-state index in [1.165, 1.54) is 6.07 Å². The average Bonchev–Trinajstić information content (AvgIpc) is 1.95. The first-order valence-corrected chi connectivity index (χ1v) is 3.98. The van der Waals surface area contributed by atoms with Gasteiger partial charge in [-0.25, -0.2) is 4.39 Å². The standard InChI is InChI=1S/C6H7FIN3/c7-5-3-4(8)1-2-6(5)10-11-9/h1-3,10-11H,9H2. The molecule has 1 aromatic carbocycles. The van der Waals surface area contributed by atoms with Crippen molar-refractivity contribution in [2.45, 2.75) is 0 Å². The number of nitrogens with two attached hydrogens (primary N) is 1. The predicted molar refractivity (Wildman–Crippen MR) is 50.1 cm³/mol. The molecule has 0 atom stereocenters. The van der Waals surface area contributed by atoms with Crippen LogP contribution in [0.3, 0.4) is 0 Å². The van der Waals surface area contributed by atoms with Gasteiger partial charge in [0, 0.05) is 3.57 Å². The van der Waals surface area contributed by atoms with Crippen LogP contribution in [0.5, 0.6) is 0 Å². The van der Waals surface area contributed by atoms with Crippen molar-refractivity contribution >= 4 is 28.3 Å². The minimum atomic E-state index is -0.324. The van der Waals surface area contributed by atoms with E-state index in [9.17, 15) is 4.39 Å². The number of hydrogen-bond acceptors (Lipinski definition) is 3. The molecule has 4 N–H and O–H groups in total. The smallest absolute Gasteiger partial charge is 0.148 e. The molecule has 0 bridgehead atoms. The second-order valence-electron chi connectivity index (χ2n) is 1.89. The lowest BCUT2D eigenvalue weighted by Crippen LogP contribution is -2.29. The third-order valence-electron chi connectivity index (χ3n) is 1.14. The molecule has 0 aliphatic heterocycles. The Balaban J connectivity index is 2.90. The molecule has 5 heteroatoms. The fourth-order valence-corrected chi connectivity index (χ4v) is 1.12. The molecule has 0 aliphatic carbocycles. The zero-order valence-corrected chi connectivity index (χ0v) is 7.72. The van der Waals surface area contributed by atoms with Gasteiger partial charge in [0.25, 0.3) is 0 Å². The van der Waals surface area contributed by atoms with Crippen LogP contribution in [0.1, 0.15) is 0 Å². The Morgan fingerprint density at radius 3 is 2.73 bits per heavy atom. The van der Waals surface area contributed by atoms with Crippen LogP contribution in [-0.2, 0) is 0 Å². The van der Waals surface area contributed by atoms with Crippen LogP contribution in [-0.4, -0.2) is 0 Å². The second-order valence-corrected chi connectivity index (χ2v) is 3.14. The van der Waals surface area contributed by atoms with E-state index in [4.69, 9.17) is 5.84 Å². The third-order valence-corrected chi connectivity index (χ3v) is 1.81. The van der Waals surface area contributed by atoms with Crippen LogP contribution >= 0.6 is 22.6 Å². The minimum absolute atomic E-state index is 0.324. The Kier molecular flexibility index (Phi) is 3.03. The first-order valence-electron chi connectivity index (χ1n) is 2.90. The van der Waals surface area contributed by atoms with Crippen molar-refractivity contribution in [3.05, 3.63) is 27.6 Å². The van der Waals surface area contributed by atoms with Gasteiger partial charge in [0.1, 0.15) is 5.82 Å². The average molecular weight is 267 g/mol. The molecular formula is C6H7FIN3. The van der Waals surface area contributed by atoms with Crippen molar-refractivity contribution in [2.75, 3.05) is 5.43 Å². The SMILES string of the molecule is NNNc1ccc(I)cc1F. The summed E-state index contributed by atoms with van der Waals surface area (Å²) in [6, 6.07) is 4.81. The summed E-state index contributed by atoms with van der Waals surface area (Å²) < 4.78 is 13.7. The maximum atomic E-state index is 12.9. The molecule has 0 saturated carbocycles. The molecule has 0 aromatic heterocycles. The van der Waals surface area contributed by atoms with E-state index in [-0.39, 0.29) is 5.82 Å². The summed E-state index contributed by atoms with van der Waals surface area (Å²) >= 11 is 2.03. The summed E-state index contributed by atoms with van der Waals surface area (Å²) in [6.45, 7) is 0. The van der Waals surface area contributed by atoms with Crippen molar-refractivity contribution in [1.82, 2.24) is 5.53 Å². The van der Waals surface area contributed by atoms with E-state index in [0.717, 1.165) is 3.57 Å². The van der Waals surface area contributed by atoms with E-state index in [0.29, 0.717) is 5.69 Å². The highest BCUT2D eigenvalue weighted by molar-refractivity contribution is 14.1. The van der Waals surface area contributed by atoms with Crippen LogP contribution in [0.2, 0.25) is 0 Å². The normalized spacial score (nSPS) is 9.73. The van der Waals surface area contributed by atoms with Crippen LogP contribution < -0.4 is 16.8 Å².